The van der Waals surface area contributed by atoms with Crippen LogP contribution in [0.15, 0.2) is 95.5 Å². The van der Waals surface area contributed by atoms with Crippen molar-refractivity contribution in [2.75, 3.05) is 13.7 Å². The number of methoxy groups -OCH3 is 1. The fourth-order valence-corrected chi connectivity index (χ4v) is 5.56. The molecule has 0 aliphatic carbocycles. The van der Waals surface area contributed by atoms with Crippen LogP contribution in [-0.4, -0.2) is 32.1 Å². The van der Waals surface area contributed by atoms with E-state index in [4.69, 9.17) is 9.47 Å². The van der Waals surface area contributed by atoms with Crippen molar-refractivity contribution in [1.82, 2.24) is 3.97 Å². The number of nitrogens with zero attached hydrogens (tertiary/aromatic N) is 1. The summed E-state index contributed by atoms with van der Waals surface area (Å²) in [5.74, 6) is -0.111. The second kappa shape index (κ2) is 10.4. The molecule has 1 aromatic heterocycles. The SMILES string of the molecule is CCOC(=O)/C(C)=C/C(c1ccc(OC)cc1)c1cn(S(=O)(=O)c2ccc(C)cc2)c2ccccc12. The summed E-state index contributed by atoms with van der Waals surface area (Å²) in [7, 11) is -2.26. The van der Waals surface area contributed by atoms with Gasteiger partial charge >= 0.3 is 5.97 Å². The number of carbonyl (C=O) groups excluding carboxylic acids is 1. The van der Waals surface area contributed by atoms with E-state index in [9.17, 15) is 13.2 Å². The Labute approximate surface area is 211 Å². The first-order valence-electron chi connectivity index (χ1n) is 11.7. The lowest BCUT2D eigenvalue weighted by Crippen LogP contribution is -2.12. The molecule has 0 radical (unpaired) electrons. The van der Waals surface area contributed by atoms with Crippen LogP contribution in [0.25, 0.3) is 10.9 Å². The van der Waals surface area contributed by atoms with E-state index in [1.54, 1.807) is 57.5 Å². The van der Waals surface area contributed by atoms with Crippen molar-refractivity contribution in [3.8, 4) is 5.75 Å². The molecule has 36 heavy (non-hydrogen) atoms. The average Bonchev–Trinajstić information content (AvgIpc) is 3.28. The summed E-state index contributed by atoms with van der Waals surface area (Å²) in [4.78, 5) is 12.7. The van der Waals surface area contributed by atoms with Gasteiger partial charge in [0, 0.05) is 23.1 Å². The molecule has 3 aromatic carbocycles. The van der Waals surface area contributed by atoms with E-state index in [2.05, 4.69) is 0 Å². The normalized spacial score (nSPS) is 12.9. The van der Waals surface area contributed by atoms with Crippen molar-refractivity contribution in [3.05, 3.63) is 107 Å². The molecule has 0 saturated carbocycles. The quantitative estimate of drug-likeness (QED) is 0.223. The number of fused-ring (bicyclic) bond motifs is 1. The van der Waals surface area contributed by atoms with Crippen LogP contribution in [-0.2, 0) is 19.6 Å². The molecule has 7 heteroatoms. The number of rotatable bonds is 8. The largest absolute Gasteiger partial charge is 0.497 e. The Morgan fingerprint density at radius 1 is 1.00 bits per heavy atom. The van der Waals surface area contributed by atoms with E-state index in [0.717, 1.165) is 22.1 Å². The van der Waals surface area contributed by atoms with Gasteiger partial charge in [0.15, 0.2) is 0 Å². The van der Waals surface area contributed by atoms with Gasteiger partial charge in [-0.15, -0.1) is 0 Å². The summed E-state index contributed by atoms with van der Waals surface area (Å²) in [6, 6.07) is 21.7. The van der Waals surface area contributed by atoms with Crippen molar-refractivity contribution < 1.29 is 22.7 Å². The molecule has 6 nitrogen and oxygen atoms in total. The first kappa shape index (κ1) is 25.3. The lowest BCUT2D eigenvalue weighted by atomic mass is 9.89. The lowest BCUT2D eigenvalue weighted by Gasteiger charge is -2.15. The number of hydrogen-bond donors (Lipinski definition) is 0. The van der Waals surface area contributed by atoms with Gasteiger partial charge in [-0.2, -0.15) is 0 Å². The maximum absolute atomic E-state index is 13.7. The van der Waals surface area contributed by atoms with Crippen LogP contribution in [0.4, 0.5) is 0 Å². The Hall–Kier alpha value is -3.84. The minimum Gasteiger partial charge on any atom is -0.497 e. The molecule has 1 unspecified atom stereocenters. The Morgan fingerprint density at radius 3 is 2.31 bits per heavy atom. The topological polar surface area (TPSA) is 74.6 Å². The molecule has 0 aliphatic heterocycles. The molecule has 0 amide bonds. The molecule has 4 aromatic rings. The van der Waals surface area contributed by atoms with Gasteiger partial charge in [0.05, 0.1) is 24.1 Å². The molecule has 0 fully saturated rings. The van der Waals surface area contributed by atoms with E-state index in [-0.39, 0.29) is 11.5 Å². The third kappa shape index (κ3) is 4.93. The number of benzene rings is 3. The van der Waals surface area contributed by atoms with Gasteiger partial charge in [0.2, 0.25) is 0 Å². The summed E-state index contributed by atoms with van der Waals surface area (Å²) < 4.78 is 39.2. The monoisotopic (exact) mass is 503 g/mol. The molecule has 186 valence electrons. The summed E-state index contributed by atoms with van der Waals surface area (Å²) in [5, 5.41) is 0.780. The number of hydrogen-bond acceptors (Lipinski definition) is 5. The van der Waals surface area contributed by atoms with Crippen LogP contribution in [0.2, 0.25) is 0 Å². The Kier molecular flexibility index (Phi) is 7.31. The first-order valence-corrected chi connectivity index (χ1v) is 13.1. The second-order valence-corrected chi connectivity index (χ2v) is 10.4. The predicted octanol–water partition coefficient (Wildman–Crippen LogP) is 5.84. The fourth-order valence-electron chi connectivity index (χ4n) is 4.19. The van der Waals surface area contributed by atoms with E-state index in [1.165, 1.54) is 3.97 Å². The maximum Gasteiger partial charge on any atom is 0.333 e. The zero-order valence-electron chi connectivity index (χ0n) is 20.8. The van der Waals surface area contributed by atoms with Crippen LogP contribution in [0.1, 0.15) is 36.5 Å². The fraction of sp³-hybridized carbons (Fsp3) is 0.207. The Morgan fingerprint density at radius 2 is 1.67 bits per heavy atom. The first-order chi connectivity index (χ1) is 17.3. The van der Waals surface area contributed by atoms with Gasteiger partial charge in [-0.05, 0) is 62.2 Å². The van der Waals surface area contributed by atoms with Gasteiger partial charge in [0.1, 0.15) is 5.75 Å². The molecular weight excluding hydrogens is 474 g/mol. The lowest BCUT2D eigenvalue weighted by molar-refractivity contribution is -0.138. The van der Waals surface area contributed by atoms with Crippen molar-refractivity contribution >= 4 is 26.9 Å². The number of esters is 1. The van der Waals surface area contributed by atoms with Crippen LogP contribution >= 0.6 is 0 Å². The zero-order valence-corrected chi connectivity index (χ0v) is 21.6. The van der Waals surface area contributed by atoms with Gasteiger partial charge in [-0.3, -0.25) is 0 Å². The highest BCUT2D eigenvalue weighted by Crippen LogP contribution is 2.36. The van der Waals surface area contributed by atoms with Gasteiger partial charge in [-0.1, -0.05) is 54.1 Å². The smallest absolute Gasteiger partial charge is 0.333 e. The standard InChI is InChI=1S/C29H29NO5S/c1-5-35-29(31)21(3)18-26(22-12-14-23(34-4)15-13-22)27-19-30(28-9-7-6-8-25(27)28)36(32,33)24-16-10-20(2)11-17-24/h6-19,26H,5H2,1-4H3/b21-18+. The third-order valence-electron chi connectivity index (χ3n) is 6.11. The highest BCUT2D eigenvalue weighted by Gasteiger charge is 2.25. The number of aryl methyl sites for hydroxylation is 1. The number of para-hydroxylation sites is 1. The molecule has 4 rings (SSSR count). The summed E-state index contributed by atoms with van der Waals surface area (Å²) in [6.45, 7) is 5.65. The van der Waals surface area contributed by atoms with Crippen LogP contribution < -0.4 is 4.74 Å². The molecular formula is C29H29NO5S. The summed E-state index contributed by atoms with van der Waals surface area (Å²) in [5.41, 5.74) is 3.63. The molecule has 0 spiro atoms. The van der Waals surface area contributed by atoms with E-state index < -0.39 is 21.9 Å². The minimum absolute atomic E-state index is 0.208. The molecule has 0 bridgehead atoms. The third-order valence-corrected chi connectivity index (χ3v) is 7.80. The summed E-state index contributed by atoms with van der Waals surface area (Å²) >= 11 is 0. The van der Waals surface area contributed by atoms with E-state index in [0.29, 0.717) is 16.8 Å². The summed E-state index contributed by atoms with van der Waals surface area (Å²) in [6.07, 6.45) is 3.48. The van der Waals surface area contributed by atoms with Crippen LogP contribution in [0, 0.1) is 6.92 Å². The Bertz CT molecular complexity index is 1510. The number of aromatic nitrogens is 1. The zero-order chi connectivity index (χ0) is 25.9. The molecule has 0 saturated heterocycles. The van der Waals surface area contributed by atoms with Gasteiger partial charge in [-0.25, -0.2) is 17.2 Å². The van der Waals surface area contributed by atoms with E-state index in [1.807, 2.05) is 55.5 Å². The minimum atomic E-state index is -3.86. The molecule has 1 atom stereocenters. The highest BCUT2D eigenvalue weighted by molar-refractivity contribution is 7.90. The van der Waals surface area contributed by atoms with Crippen molar-refractivity contribution in [1.29, 1.82) is 0 Å². The van der Waals surface area contributed by atoms with Crippen LogP contribution in [0.5, 0.6) is 5.75 Å². The molecule has 0 N–H and O–H groups in total. The van der Waals surface area contributed by atoms with Gasteiger partial charge in [0.25, 0.3) is 10.0 Å². The number of carbonyl (C=O) groups is 1. The molecule has 0 aliphatic rings. The van der Waals surface area contributed by atoms with Gasteiger partial charge < -0.3 is 9.47 Å². The highest BCUT2D eigenvalue weighted by atomic mass is 32.2. The van der Waals surface area contributed by atoms with Crippen molar-refractivity contribution in [2.24, 2.45) is 0 Å². The van der Waals surface area contributed by atoms with Crippen molar-refractivity contribution in [2.45, 2.75) is 31.6 Å². The van der Waals surface area contributed by atoms with Crippen LogP contribution in [0.3, 0.4) is 0 Å². The average molecular weight is 504 g/mol. The second-order valence-electron chi connectivity index (χ2n) is 8.54. The predicted molar refractivity (Wildman–Crippen MR) is 141 cm³/mol. The van der Waals surface area contributed by atoms with E-state index >= 15 is 0 Å². The molecule has 1 heterocycles. The maximum atomic E-state index is 13.7. The van der Waals surface area contributed by atoms with Crippen molar-refractivity contribution in [3.63, 3.8) is 0 Å². The Balaban J connectivity index is 1.94. The number of ether oxygens (including phenoxy) is 2. The number of allylic oxidation sites excluding steroid dienone is 1.